The minimum Gasteiger partial charge on any atom is -0.491 e. The van der Waals surface area contributed by atoms with Crippen molar-refractivity contribution in [2.45, 2.75) is 61.6 Å². The molecule has 5 nitrogen and oxygen atoms in total. The van der Waals surface area contributed by atoms with Crippen LogP contribution in [0.5, 0.6) is 11.5 Å². The van der Waals surface area contributed by atoms with Crippen LogP contribution >= 0.6 is 11.6 Å². The lowest BCUT2D eigenvalue weighted by molar-refractivity contribution is -0.137. The van der Waals surface area contributed by atoms with E-state index >= 15 is 0 Å². The van der Waals surface area contributed by atoms with Crippen molar-refractivity contribution in [3.8, 4) is 11.5 Å². The number of nitrogens with zero attached hydrogens (tertiary/aromatic N) is 3. The second-order valence-electron chi connectivity index (χ2n) is 7.34. The van der Waals surface area contributed by atoms with Crippen LogP contribution in [0.2, 0.25) is 0 Å². The number of hydrazone groups is 2. The first-order valence-electron chi connectivity index (χ1n) is 12.2. The Morgan fingerprint density at radius 3 is 2.14 bits per heavy atom. The second kappa shape index (κ2) is 17.5. The monoisotopic (exact) mass is 541 g/mol. The van der Waals surface area contributed by atoms with E-state index in [-0.39, 0.29) is 13.2 Å². The number of alkyl halides is 3. The average Bonchev–Trinajstić information content (AvgIpc) is 2.86. The predicted molar refractivity (Wildman–Crippen MR) is 149 cm³/mol. The number of benzene rings is 2. The van der Waals surface area contributed by atoms with Crippen LogP contribution in [0.25, 0.3) is 0 Å². The van der Waals surface area contributed by atoms with Gasteiger partial charge in [0.25, 0.3) is 0 Å². The summed E-state index contributed by atoms with van der Waals surface area (Å²) in [6, 6.07) is 8.73. The van der Waals surface area contributed by atoms with Crippen LogP contribution in [0, 0.1) is 13.8 Å². The van der Waals surface area contributed by atoms with Crippen molar-refractivity contribution in [1.82, 2.24) is 5.12 Å². The van der Waals surface area contributed by atoms with Gasteiger partial charge in [0.2, 0.25) is 0 Å². The van der Waals surface area contributed by atoms with Gasteiger partial charge in [0, 0.05) is 11.7 Å². The van der Waals surface area contributed by atoms with Crippen LogP contribution < -0.4 is 9.47 Å². The Morgan fingerprint density at radius 2 is 1.62 bits per heavy atom. The normalized spacial score (nSPS) is 11.5. The summed E-state index contributed by atoms with van der Waals surface area (Å²) in [7, 11) is 0. The Balaban J connectivity index is 0.00000308. The fourth-order valence-corrected chi connectivity index (χ4v) is 3.07. The molecular formula is C28H39ClF3N3O2. The molecule has 0 saturated carbocycles. The molecule has 0 saturated heterocycles. The van der Waals surface area contributed by atoms with Crippen LogP contribution in [0.15, 0.2) is 57.7 Å². The molecule has 9 heteroatoms. The van der Waals surface area contributed by atoms with Crippen molar-refractivity contribution >= 4 is 24.0 Å². The van der Waals surface area contributed by atoms with Gasteiger partial charge in [-0.2, -0.15) is 28.5 Å². The van der Waals surface area contributed by atoms with Crippen molar-refractivity contribution in [2.75, 3.05) is 19.8 Å². The van der Waals surface area contributed by atoms with Gasteiger partial charge in [0.15, 0.2) is 0 Å². The zero-order chi connectivity index (χ0) is 28.6. The van der Waals surface area contributed by atoms with Crippen LogP contribution in [0.3, 0.4) is 0 Å². The lowest BCUT2D eigenvalue weighted by atomic mass is 10.1. The van der Waals surface area contributed by atoms with E-state index in [9.17, 15) is 13.2 Å². The Labute approximate surface area is 224 Å². The van der Waals surface area contributed by atoms with Crippen molar-refractivity contribution in [3.05, 3.63) is 69.8 Å². The van der Waals surface area contributed by atoms with Gasteiger partial charge in [-0.3, -0.25) is 0 Å². The van der Waals surface area contributed by atoms with E-state index in [2.05, 4.69) is 16.9 Å². The third-order valence-corrected chi connectivity index (χ3v) is 4.78. The quantitative estimate of drug-likeness (QED) is 0.223. The zero-order valence-corrected chi connectivity index (χ0v) is 23.8. The minimum atomic E-state index is -4.42. The van der Waals surface area contributed by atoms with Crippen molar-refractivity contribution < 1.29 is 22.6 Å². The van der Waals surface area contributed by atoms with E-state index in [1.54, 1.807) is 26.0 Å². The van der Waals surface area contributed by atoms with Gasteiger partial charge >= 0.3 is 6.18 Å². The Bertz CT molecular complexity index is 1010. The Kier molecular flexibility index (Phi) is 16.0. The maximum atomic E-state index is 13.0. The van der Waals surface area contributed by atoms with Crippen molar-refractivity contribution in [3.63, 3.8) is 0 Å². The van der Waals surface area contributed by atoms with Crippen molar-refractivity contribution in [2.24, 2.45) is 10.2 Å². The molecule has 0 bridgehead atoms. The maximum absolute atomic E-state index is 13.0. The van der Waals surface area contributed by atoms with Gasteiger partial charge in [-0.25, -0.2) is 0 Å². The lowest BCUT2D eigenvalue weighted by Gasteiger charge is -2.17. The summed E-state index contributed by atoms with van der Waals surface area (Å²) in [6.45, 7) is 19.6. The van der Waals surface area contributed by atoms with E-state index in [1.165, 1.54) is 11.2 Å². The molecule has 2 rings (SSSR count). The molecule has 0 amide bonds. The molecule has 37 heavy (non-hydrogen) atoms. The summed E-state index contributed by atoms with van der Waals surface area (Å²) in [4.78, 5) is 0. The third kappa shape index (κ3) is 12.2. The molecule has 0 fully saturated rings. The topological polar surface area (TPSA) is 46.4 Å². The highest BCUT2D eigenvalue weighted by atomic mass is 35.5. The summed E-state index contributed by atoms with van der Waals surface area (Å²) in [6.07, 6.45) is -2.65. The second-order valence-corrected chi connectivity index (χ2v) is 7.93. The van der Waals surface area contributed by atoms with Gasteiger partial charge in [0.05, 0.1) is 17.8 Å². The van der Waals surface area contributed by atoms with Crippen LogP contribution in [0.1, 0.15) is 63.8 Å². The number of ether oxygens (including phenoxy) is 2. The first kappa shape index (κ1) is 34.0. The molecule has 2 aromatic rings. The Hall–Kier alpha value is -3.00. The van der Waals surface area contributed by atoms with E-state index in [0.717, 1.165) is 23.3 Å². The summed E-state index contributed by atoms with van der Waals surface area (Å²) in [5, 5.41) is 10.0. The maximum Gasteiger partial charge on any atom is 0.416 e. The van der Waals surface area contributed by atoms with Crippen LogP contribution in [-0.2, 0) is 6.18 Å². The molecule has 2 aromatic carbocycles. The molecule has 0 heterocycles. The van der Waals surface area contributed by atoms with E-state index < -0.39 is 11.7 Å². The van der Waals surface area contributed by atoms with Gasteiger partial charge in [0.1, 0.15) is 24.7 Å². The summed E-state index contributed by atoms with van der Waals surface area (Å²) in [5.41, 5.74) is 1.80. The number of aryl methyl sites for hydroxylation is 2. The van der Waals surface area contributed by atoms with E-state index in [1.807, 2.05) is 53.7 Å². The van der Waals surface area contributed by atoms with Gasteiger partial charge in [-0.1, -0.05) is 51.4 Å². The smallest absolute Gasteiger partial charge is 0.416 e. The number of hydrogen-bond donors (Lipinski definition) is 0. The van der Waals surface area contributed by atoms with Crippen LogP contribution in [-0.4, -0.2) is 37.3 Å². The highest BCUT2D eigenvalue weighted by Gasteiger charge is 2.30. The lowest BCUT2D eigenvalue weighted by Crippen LogP contribution is -2.20. The molecule has 0 aliphatic heterocycles. The zero-order valence-electron chi connectivity index (χ0n) is 23.0. The molecule has 0 aliphatic carbocycles. The summed E-state index contributed by atoms with van der Waals surface area (Å²) < 4.78 is 50.5. The van der Waals surface area contributed by atoms with E-state index in [4.69, 9.17) is 21.1 Å². The number of allylic oxidation sites excluding steroid dienone is 1. The summed E-state index contributed by atoms with van der Waals surface area (Å²) in [5.74, 6) is 1.43. The molecule has 0 aromatic heterocycles. The third-order valence-electron chi connectivity index (χ3n) is 4.62. The van der Waals surface area contributed by atoms with Crippen molar-refractivity contribution in [1.29, 1.82) is 0 Å². The highest BCUT2D eigenvalue weighted by molar-refractivity contribution is 6.29. The molecule has 0 spiro atoms. The van der Waals surface area contributed by atoms with Crippen LogP contribution in [0.4, 0.5) is 13.2 Å². The molecule has 0 atom stereocenters. The van der Waals surface area contributed by atoms with E-state index in [0.29, 0.717) is 34.4 Å². The van der Waals surface area contributed by atoms with Gasteiger partial charge in [-0.15, -0.1) is 0 Å². The minimum absolute atomic E-state index is 0.244. The fourth-order valence-electron chi connectivity index (χ4n) is 3.01. The number of hydrogen-bond acceptors (Lipinski definition) is 5. The Morgan fingerprint density at radius 1 is 1.03 bits per heavy atom. The molecule has 0 aliphatic rings. The molecule has 0 radical (unpaired) electrons. The summed E-state index contributed by atoms with van der Waals surface area (Å²) >= 11 is 5.81. The first-order chi connectivity index (χ1) is 17.5. The molecule has 0 N–H and O–H groups in total. The largest absolute Gasteiger partial charge is 0.491 e. The molecule has 206 valence electrons. The highest BCUT2D eigenvalue weighted by Crippen LogP contribution is 2.30. The number of halogens is 4. The predicted octanol–water partition coefficient (Wildman–Crippen LogP) is 8.62. The SMILES string of the molecule is C=NN(CCOc1c(C)cc(OC/C=C(\C)Cl)cc1C)/N=C(\C)c1cccc(C(F)(F)F)c1.CC.CC. The average molecular weight is 542 g/mol. The number of rotatable bonds is 10. The first-order valence-corrected chi connectivity index (χ1v) is 12.5. The fraction of sp³-hybridized carbons (Fsp3) is 0.429. The molecular weight excluding hydrogens is 503 g/mol. The van der Waals surface area contributed by atoms with Gasteiger partial charge in [-0.05, 0) is 74.7 Å². The standard InChI is InChI=1S/C24H27ClF3N3O2.2C2H6/c1-16-13-22(32-11-9-18(3)25)14-17(2)23(16)33-12-10-31(29-5)30-19(4)20-7-6-8-21(15-20)24(26,27)28;2*1-2/h6-9,13-15H,5,10-12H2,1-4H3;2*1-2H3/b18-9+,30-19+;;. The van der Waals surface area contributed by atoms with Gasteiger partial charge < -0.3 is 9.47 Å². The molecule has 0 unspecified atom stereocenters.